The fraction of sp³-hybridized carbons (Fsp3) is 0.214. The zero-order valence-electron chi connectivity index (χ0n) is 13.2. The first-order valence-electron chi connectivity index (χ1n) is 6.81. The van der Waals surface area contributed by atoms with Crippen molar-refractivity contribution in [3.05, 3.63) is 41.1 Å². The molecule has 25 heavy (non-hydrogen) atoms. The third kappa shape index (κ3) is 4.56. The third-order valence-corrected chi connectivity index (χ3v) is 5.12. The number of aromatic nitrogens is 1. The standard InChI is InChI=1S/C14H14ClN3O6S/c1-18(2)25(21,22)9-3-4-11(15)10(7-9)14(20)23-8-13(19)16-12-5-6-24-17-12/h3-7H,8H2,1-2H3,(H,16,17,19). The smallest absolute Gasteiger partial charge is 0.340 e. The summed E-state index contributed by atoms with van der Waals surface area (Å²) in [4.78, 5) is 23.6. The predicted molar refractivity (Wildman–Crippen MR) is 87.7 cm³/mol. The molecular weight excluding hydrogens is 374 g/mol. The van der Waals surface area contributed by atoms with Crippen molar-refractivity contribution < 1.29 is 27.3 Å². The second kappa shape index (κ2) is 7.64. The molecule has 0 fully saturated rings. The van der Waals surface area contributed by atoms with Gasteiger partial charge in [-0.05, 0) is 18.2 Å². The molecule has 2 aromatic rings. The monoisotopic (exact) mass is 387 g/mol. The highest BCUT2D eigenvalue weighted by molar-refractivity contribution is 7.89. The maximum absolute atomic E-state index is 12.1. The van der Waals surface area contributed by atoms with E-state index in [1.165, 1.54) is 38.6 Å². The van der Waals surface area contributed by atoms with Crippen LogP contribution in [-0.2, 0) is 19.6 Å². The summed E-state index contributed by atoms with van der Waals surface area (Å²) in [5, 5.41) is 5.81. The average Bonchev–Trinajstić information content (AvgIpc) is 3.05. The molecule has 0 spiro atoms. The van der Waals surface area contributed by atoms with E-state index in [1.807, 2.05) is 0 Å². The molecule has 0 aliphatic heterocycles. The topological polar surface area (TPSA) is 119 Å². The number of carbonyl (C=O) groups is 2. The van der Waals surface area contributed by atoms with Gasteiger partial charge < -0.3 is 14.6 Å². The molecule has 1 amide bonds. The van der Waals surface area contributed by atoms with Crippen LogP contribution in [0.2, 0.25) is 5.02 Å². The summed E-state index contributed by atoms with van der Waals surface area (Å²) in [5.41, 5.74) is -0.168. The zero-order valence-corrected chi connectivity index (χ0v) is 14.8. The number of amides is 1. The molecule has 0 saturated carbocycles. The van der Waals surface area contributed by atoms with Crippen LogP contribution >= 0.6 is 11.6 Å². The largest absolute Gasteiger partial charge is 0.452 e. The van der Waals surface area contributed by atoms with Crippen LogP contribution in [0.3, 0.4) is 0 Å². The van der Waals surface area contributed by atoms with Gasteiger partial charge in [0.2, 0.25) is 10.0 Å². The molecule has 0 saturated heterocycles. The van der Waals surface area contributed by atoms with Gasteiger partial charge in [0.1, 0.15) is 6.26 Å². The fourth-order valence-corrected chi connectivity index (χ4v) is 2.82. The molecule has 1 aromatic carbocycles. The van der Waals surface area contributed by atoms with Gasteiger partial charge in [-0.25, -0.2) is 17.5 Å². The average molecular weight is 388 g/mol. The first-order chi connectivity index (χ1) is 11.7. The third-order valence-electron chi connectivity index (χ3n) is 2.98. The van der Waals surface area contributed by atoms with Crippen molar-refractivity contribution in [1.82, 2.24) is 9.46 Å². The van der Waals surface area contributed by atoms with Crippen molar-refractivity contribution in [2.24, 2.45) is 0 Å². The van der Waals surface area contributed by atoms with Gasteiger partial charge in [-0.15, -0.1) is 0 Å². The number of sulfonamides is 1. The summed E-state index contributed by atoms with van der Waals surface area (Å²) in [5.74, 6) is -1.41. The van der Waals surface area contributed by atoms with Gasteiger partial charge in [-0.3, -0.25) is 4.79 Å². The SMILES string of the molecule is CN(C)S(=O)(=O)c1ccc(Cl)c(C(=O)OCC(=O)Nc2ccon2)c1. The van der Waals surface area contributed by atoms with E-state index in [0.29, 0.717) is 0 Å². The van der Waals surface area contributed by atoms with E-state index >= 15 is 0 Å². The van der Waals surface area contributed by atoms with Crippen LogP contribution in [0.4, 0.5) is 5.82 Å². The molecule has 0 atom stereocenters. The Morgan fingerprint density at radius 3 is 2.64 bits per heavy atom. The summed E-state index contributed by atoms with van der Waals surface area (Å²) in [7, 11) is -1.03. The number of carbonyl (C=O) groups excluding carboxylic acids is 2. The second-order valence-corrected chi connectivity index (χ2v) is 7.50. The molecule has 9 nitrogen and oxygen atoms in total. The van der Waals surface area contributed by atoms with E-state index in [2.05, 4.69) is 15.0 Å². The Labute approximate surface area is 148 Å². The van der Waals surface area contributed by atoms with Crippen LogP contribution in [-0.4, -0.2) is 50.5 Å². The number of rotatable bonds is 6. The Morgan fingerprint density at radius 1 is 1.32 bits per heavy atom. The van der Waals surface area contributed by atoms with Crippen molar-refractivity contribution in [1.29, 1.82) is 0 Å². The minimum atomic E-state index is -3.75. The van der Waals surface area contributed by atoms with Crippen LogP contribution in [0, 0.1) is 0 Å². The van der Waals surface area contributed by atoms with Crippen LogP contribution in [0.15, 0.2) is 39.9 Å². The van der Waals surface area contributed by atoms with E-state index in [-0.39, 0.29) is 21.3 Å². The van der Waals surface area contributed by atoms with Gasteiger partial charge in [-0.2, -0.15) is 0 Å². The molecule has 1 aromatic heterocycles. The van der Waals surface area contributed by atoms with E-state index in [4.69, 9.17) is 16.3 Å². The minimum absolute atomic E-state index is 0.000356. The highest BCUT2D eigenvalue weighted by Gasteiger charge is 2.22. The van der Waals surface area contributed by atoms with Gasteiger partial charge in [0, 0.05) is 20.2 Å². The van der Waals surface area contributed by atoms with Gasteiger partial charge in [0.25, 0.3) is 5.91 Å². The first kappa shape index (κ1) is 18.9. The molecule has 0 radical (unpaired) electrons. The molecular formula is C14H14ClN3O6S. The van der Waals surface area contributed by atoms with Gasteiger partial charge in [0.15, 0.2) is 12.4 Å². The Morgan fingerprint density at radius 2 is 2.04 bits per heavy atom. The van der Waals surface area contributed by atoms with E-state index < -0.39 is 28.5 Å². The van der Waals surface area contributed by atoms with Gasteiger partial charge in [-0.1, -0.05) is 16.8 Å². The molecule has 1 N–H and O–H groups in total. The minimum Gasteiger partial charge on any atom is -0.452 e. The van der Waals surface area contributed by atoms with Gasteiger partial charge >= 0.3 is 5.97 Å². The van der Waals surface area contributed by atoms with E-state index in [9.17, 15) is 18.0 Å². The number of benzene rings is 1. The first-order valence-corrected chi connectivity index (χ1v) is 8.63. The number of ether oxygens (including phenoxy) is 1. The van der Waals surface area contributed by atoms with Crippen LogP contribution in [0.5, 0.6) is 0 Å². The van der Waals surface area contributed by atoms with Crippen LogP contribution in [0.25, 0.3) is 0 Å². The molecule has 134 valence electrons. The molecule has 0 bridgehead atoms. The molecule has 0 aliphatic rings. The maximum atomic E-state index is 12.1. The Bertz CT molecular complexity index is 880. The highest BCUT2D eigenvalue weighted by Crippen LogP contribution is 2.22. The highest BCUT2D eigenvalue weighted by atomic mass is 35.5. The zero-order chi connectivity index (χ0) is 18.6. The lowest BCUT2D eigenvalue weighted by Crippen LogP contribution is -2.23. The summed E-state index contributed by atoms with van der Waals surface area (Å²) in [6.07, 6.45) is 1.26. The van der Waals surface area contributed by atoms with Gasteiger partial charge in [0.05, 0.1) is 15.5 Å². The number of anilines is 1. The van der Waals surface area contributed by atoms with E-state index in [0.717, 1.165) is 10.4 Å². The molecule has 11 heteroatoms. The number of hydrogen-bond acceptors (Lipinski definition) is 7. The molecule has 1 heterocycles. The maximum Gasteiger partial charge on any atom is 0.340 e. The summed E-state index contributed by atoms with van der Waals surface area (Å²) < 4.78 is 34.6. The molecule has 0 unspecified atom stereocenters. The fourth-order valence-electron chi connectivity index (χ4n) is 1.70. The summed E-state index contributed by atoms with van der Waals surface area (Å²) >= 11 is 5.92. The predicted octanol–water partition coefficient (Wildman–Crippen LogP) is 1.37. The van der Waals surface area contributed by atoms with Crippen LogP contribution in [0.1, 0.15) is 10.4 Å². The lowest BCUT2D eigenvalue weighted by molar-refractivity contribution is -0.119. The van der Waals surface area contributed by atoms with Crippen molar-refractivity contribution in [3.8, 4) is 0 Å². The van der Waals surface area contributed by atoms with E-state index in [1.54, 1.807) is 0 Å². The van der Waals surface area contributed by atoms with Crippen molar-refractivity contribution in [2.45, 2.75) is 4.90 Å². The Kier molecular flexibility index (Phi) is 5.77. The lowest BCUT2D eigenvalue weighted by atomic mass is 10.2. The van der Waals surface area contributed by atoms with Crippen molar-refractivity contribution in [3.63, 3.8) is 0 Å². The lowest BCUT2D eigenvalue weighted by Gasteiger charge is -2.13. The van der Waals surface area contributed by atoms with Crippen molar-refractivity contribution >= 4 is 39.3 Å². The Hall–Kier alpha value is -2.43. The number of nitrogens with one attached hydrogen (secondary N) is 1. The number of halogens is 1. The molecule has 0 aliphatic carbocycles. The quantitative estimate of drug-likeness (QED) is 0.743. The molecule has 2 rings (SSSR count). The normalized spacial score (nSPS) is 11.4. The Balaban J connectivity index is 2.09. The second-order valence-electron chi connectivity index (χ2n) is 4.94. The number of hydrogen-bond donors (Lipinski definition) is 1. The number of nitrogens with zero attached hydrogens (tertiary/aromatic N) is 2. The van der Waals surface area contributed by atoms with Crippen molar-refractivity contribution in [2.75, 3.05) is 26.0 Å². The summed E-state index contributed by atoms with van der Waals surface area (Å²) in [6.45, 7) is -0.604. The summed E-state index contributed by atoms with van der Waals surface area (Å²) in [6, 6.07) is 5.04. The number of esters is 1. The van der Waals surface area contributed by atoms with Crippen LogP contribution < -0.4 is 5.32 Å².